The van der Waals surface area contributed by atoms with E-state index in [2.05, 4.69) is 51.8 Å². The third-order valence-electron chi connectivity index (χ3n) is 3.79. The molecule has 2 heterocycles. The van der Waals surface area contributed by atoms with Gasteiger partial charge in [-0.05, 0) is 35.9 Å². The molecule has 0 aliphatic heterocycles. The van der Waals surface area contributed by atoms with Gasteiger partial charge < -0.3 is 10.3 Å². The average Bonchev–Trinajstić information content (AvgIpc) is 2.96. The fraction of sp³-hybridized carbons (Fsp3) is 0.0556. The van der Waals surface area contributed by atoms with Crippen molar-refractivity contribution < 1.29 is 0 Å². The third-order valence-corrected chi connectivity index (χ3v) is 3.79. The summed E-state index contributed by atoms with van der Waals surface area (Å²) < 4.78 is 0. The number of benzene rings is 2. The van der Waals surface area contributed by atoms with Gasteiger partial charge in [0, 0.05) is 40.9 Å². The van der Waals surface area contributed by atoms with Gasteiger partial charge in [-0.2, -0.15) is 0 Å². The fourth-order valence-electron chi connectivity index (χ4n) is 2.73. The summed E-state index contributed by atoms with van der Waals surface area (Å²) in [6, 6.07) is 18.6. The highest BCUT2D eigenvalue weighted by Gasteiger charge is 2.04. The highest BCUT2D eigenvalue weighted by Crippen LogP contribution is 2.23. The Morgan fingerprint density at radius 3 is 2.81 bits per heavy atom. The van der Waals surface area contributed by atoms with Crippen LogP contribution in [0.4, 0.5) is 5.69 Å². The number of nitrogens with one attached hydrogen (secondary N) is 2. The van der Waals surface area contributed by atoms with Crippen LogP contribution in [0, 0.1) is 0 Å². The van der Waals surface area contributed by atoms with E-state index < -0.39 is 0 Å². The van der Waals surface area contributed by atoms with Gasteiger partial charge in [-0.3, -0.25) is 4.98 Å². The lowest BCUT2D eigenvalue weighted by molar-refractivity contribution is 1.17. The maximum Gasteiger partial charge on any atom is 0.0722 e. The van der Waals surface area contributed by atoms with E-state index in [9.17, 15) is 0 Å². The molecule has 2 aromatic heterocycles. The molecule has 0 unspecified atom stereocenters. The fourth-order valence-corrected chi connectivity index (χ4v) is 2.73. The van der Waals surface area contributed by atoms with Crippen LogP contribution in [0.15, 0.2) is 67.0 Å². The standard InChI is InChI=1S/C18H15N3/c1-2-7-16-14(5-1)13(11-20-16)12-21-18-9-3-8-17-15(18)6-4-10-19-17/h1-11,20-21H,12H2. The SMILES string of the molecule is c1cc(NCc2c[nH]c3ccccc23)c2cccnc2c1. The second-order valence-electron chi connectivity index (χ2n) is 5.09. The molecule has 21 heavy (non-hydrogen) atoms. The van der Waals surface area contributed by atoms with Gasteiger partial charge in [-0.1, -0.05) is 24.3 Å². The van der Waals surface area contributed by atoms with Crippen LogP contribution in [0.2, 0.25) is 0 Å². The molecule has 102 valence electrons. The van der Waals surface area contributed by atoms with Gasteiger partial charge in [0.1, 0.15) is 0 Å². The van der Waals surface area contributed by atoms with Crippen molar-refractivity contribution in [3.8, 4) is 0 Å². The normalized spacial score (nSPS) is 11.0. The summed E-state index contributed by atoms with van der Waals surface area (Å²) in [4.78, 5) is 7.70. The Hall–Kier alpha value is -2.81. The molecule has 2 aromatic carbocycles. The van der Waals surface area contributed by atoms with Crippen LogP contribution < -0.4 is 5.32 Å². The summed E-state index contributed by atoms with van der Waals surface area (Å²) in [6.45, 7) is 0.790. The van der Waals surface area contributed by atoms with Crippen molar-refractivity contribution in [2.45, 2.75) is 6.54 Å². The monoisotopic (exact) mass is 273 g/mol. The molecule has 0 aliphatic carbocycles. The molecule has 0 atom stereocenters. The molecule has 0 amide bonds. The number of aromatic nitrogens is 2. The molecule has 2 N–H and O–H groups in total. The summed E-state index contributed by atoms with van der Waals surface area (Å²) in [7, 11) is 0. The van der Waals surface area contributed by atoms with Crippen LogP contribution in [-0.2, 0) is 6.54 Å². The first-order valence-corrected chi connectivity index (χ1v) is 7.04. The van der Waals surface area contributed by atoms with Gasteiger partial charge >= 0.3 is 0 Å². The van der Waals surface area contributed by atoms with Gasteiger partial charge in [0.15, 0.2) is 0 Å². The zero-order chi connectivity index (χ0) is 14.1. The van der Waals surface area contributed by atoms with Crippen LogP contribution in [-0.4, -0.2) is 9.97 Å². The number of aromatic amines is 1. The van der Waals surface area contributed by atoms with E-state index in [1.807, 2.05) is 30.5 Å². The Kier molecular flexibility index (Phi) is 2.82. The molecular weight excluding hydrogens is 258 g/mol. The topological polar surface area (TPSA) is 40.7 Å². The number of hydrogen-bond donors (Lipinski definition) is 2. The van der Waals surface area contributed by atoms with Crippen molar-refractivity contribution in [2.24, 2.45) is 0 Å². The molecule has 4 rings (SSSR count). The molecule has 0 saturated heterocycles. The molecule has 3 nitrogen and oxygen atoms in total. The second kappa shape index (κ2) is 4.94. The van der Waals surface area contributed by atoms with Gasteiger partial charge in [-0.25, -0.2) is 0 Å². The van der Waals surface area contributed by atoms with Gasteiger partial charge in [0.25, 0.3) is 0 Å². The number of H-pyrrole nitrogens is 1. The quantitative estimate of drug-likeness (QED) is 0.583. The van der Waals surface area contributed by atoms with Crippen molar-refractivity contribution in [3.05, 3.63) is 72.6 Å². The van der Waals surface area contributed by atoms with E-state index in [4.69, 9.17) is 0 Å². The van der Waals surface area contributed by atoms with Crippen molar-refractivity contribution in [1.29, 1.82) is 0 Å². The van der Waals surface area contributed by atoms with Gasteiger partial charge in [-0.15, -0.1) is 0 Å². The number of fused-ring (bicyclic) bond motifs is 2. The summed E-state index contributed by atoms with van der Waals surface area (Å²) in [5, 5.41) is 5.94. The van der Waals surface area contributed by atoms with Crippen molar-refractivity contribution >= 4 is 27.5 Å². The number of rotatable bonds is 3. The van der Waals surface area contributed by atoms with Crippen molar-refractivity contribution in [2.75, 3.05) is 5.32 Å². The first-order chi connectivity index (χ1) is 10.4. The largest absolute Gasteiger partial charge is 0.380 e. The zero-order valence-corrected chi connectivity index (χ0v) is 11.5. The van der Waals surface area contributed by atoms with E-state index in [0.29, 0.717) is 0 Å². The lowest BCUT2D eigenvalue weighted by Gasteiger charge is -2.08. The lowest BCUT2D eigenvalue weighted by atomic mass is 10.1. The van der Waals surface area contributed by atoms with E-state index in [1.54, 1.807) is 0 Å². The maximum atomic E-state index is 4.39. The van der Waals surface area contributed by atoms with E-state index in [1.165, 1.54) is 16.5 Å². The lowest BCUT2D eigenvalue weighted by Crippen LogP contribution is -1.99. The molecule has 4 aromatic rings. The van der Waals surface area contributed by atoms with Crippen LogP contribution in [0.3, 0.4) is 0 Å². The average molecular weight is 273 g/mol. The molecule has 0 spiro atoms. The molecule has 0 bridgehead atoms. The molecule has 0 radical (unpaired) electrons. The van der Waals surface area contributed by atoms with Crippen LogP contribution >= 0.6 is 0 Å². The minimum absolute atomic E-state index is 0.790. The van der Waals surface area contributed by atoms with Crippen molar-refractivity contribution in [1.82, 2.24) is 9.97 Å². The van der Waals surface area contributed by atoms with Gasteiger partial charge in [0.2, 0.25) is 0 Å². The number of para-hydroxylation sites is 1. The van der Waals surface area contributed by atoms with Gasteiger partial charge in [0.05, 0.1) is 5.52 Å². The smallest absolute Gasteiger partial charge is 0.0722 e. The van der Waals surface area contributed by atoms with E-state index >= 15 is 0 Å². The van der Waals surface area contributed by atoms with Crippen LogP contribution in [0.25, 0.3) is 21.8 Å². The molecule has 3 heteroatoms. The number of hydrogen-bond acceptors (Lipinski definition) is 2. The minimum atomic E-state index is 0.790. The Balaban J connectivity index is 1.67. The first kappa shape index (κ1) is 12.0. The molecule has 0 fully saturated rings. The summed E-state index contributed by atoms with van der Waals surface area (Å²) in [5.74, 6) is 0. The minimum Gasteiger partial charge on any atom is -0.380 e. The van der Waals surface area contributed by atoms with Crippen LogP contribution in [0.5, 0.6) is 0 Å². The summed E-state index contributed by atoms with van der Waals surface area (Å²) in [6.07, 6.45) is 3.90. The summed E-state index contributed by atoms with van der Waals surface area (Å²) >= 11 is 0. The highest BCUT2D eigenvalue weighted by molar-refractivity contribution is 5.91. The predicted octanol–water partition coefficient (Wildman–Crippen LogP) is 4.33. The number of anilines is 1. The van der Waals surface area contributed by atoms with Crippen molar-refractivity contribution in [3.63, 3.8) is 0 Å². The Bertz CT molecular complexity index is 903. The first-order valence-electron chi connectivity index (χ1n) is 7.04. The number of pyridine rings is 1. The van der Waals surface area contributed by atoms with E-state index in [0.717, 1.165) is 23.1 Å². The molecule has 0 aliphatic rings. The molecule has 0 saturated carbocycles. The predicted molar refractivity (Wildman–Crippen MR) is 87.4 cm³/mol. The third kappa shape index (κ3) is 2.13. The summed E-state index contributed by atoms with van der Waals surface area (Å²) in [5.41, 5.74) is 4.58. The maximum absolute atomic E-state index is 4.39. The Labute approximate surface area is 122 Å². The Morgan fingerprint density at radius 1 is 0.905 bits per heavy atom. The van der Waals surface area contributed by atoms with Crippen LogP contribution in [0.1, 0.15) is 5.56 Å². The molecular formula is C18H15N3. The second-order valence-corrected chi connectivity index (χ2v) is 5.09. The Morgan fingerprint density at radius 2 is 1.81 bits per heavy atom. The van der Waals surface area contributed by atoms with E-state index in [-0.39, 0.29) is 0 Å². The highest BCUT2D eigenvalue weighted by atomic mass is 14.9. The number of nitrogens with zero attached hydrogens (tertiary/aromatic N) is 1. The zero-order valence-electron chi connectivity index (χ0n) is 11.5.